The molecule has 13 heteroatoms. The van der Waals surface area contributed by atoms with Gasteiger partial charge in [-0.25, -0.2) is 4.79 Å². The number of hydrogen-bond acceptors (Lipinski definition) is 8. The summed E-state index contributed by atoms with van der Waals surface area (Å²) < 4.78 is 0. The summed E-state index contributed by atoms with van der Waals surface area (Å²) in [5.41, 5.74) is 10.2. The van der Waals surface area contributed by atoms with Crippen molar-refractivity contribution in [3.8, 4) is 0 Å². The van der Waals surface area contributed by atoms with Crippen molar-refractivity contribution in [2.75, 3.05) is 18.1 Å². The first-order chi connectivity index (χ1) is 12.2. The molecular formula is C13H23N5O6S2. The fourth-order valence-electron chi connectivity index (χ4n) is 1.73. The SMILES string of the molecule is NCC(=O)NC(CCC(N)=O)C(=O)NC(CS)C(=O)NC(CS)C(=O)O. The highest BCUT2D eigenvalue weighted by atomic mass is 32.1. The van der Waals surface area contributed by atoms with Gasteiger partial charge in [-0.1, -0.05) is 0 Å². The Labute approximate surface area is 160 Å². The zero-order valence-corrected chi connectivity index (χ0v) is 15.6. The monoisotopic (exact) mass is 409 g/mol. The lowest BCUT2D eigenvalue weighted by Crippen LogP contribution is -2.57. The highest BCUT2D eigenvalue weighted by Gasteiger charge is 2.28. The Morgan fingerprint density at radius 3 is 1.81 bits per heavy atom. The minimum Gasteiger partial charge on any atom is -0.480 e. The number of amides is 4. The summed E-state index contributed by atoms with van der Waals surface area (Å²) in [6.45, 7) is -0.376. The van der Waals surface area contributed by atoms with Gasteiger partial charge in [-0.15, -0.1) is 0 Å². The van der Waals surface area contributed by atoms with E-state index in [2.05, 4.69) is 41.2 Å². The Morgan fingerprint density at radius 2 is 1.38 bits per heavy atom. The maximum atomic E-state index is 12.3. The van der Waals surface area contributed by atoms with Crippen molar-refractivity contribution in [3.63, 3.8) is 0 Å². The standard InChI is InChI=1S/C13H23N5O6S2/c14-3-10(20)16-6(1-2-9(15)19)11(21)17-7(4-25)12(22)18-8(5-26)13(23)24/h6-8,25-26H,1-5,14H2,(H2,15,19)(H,16,20)(H,17,21)(H,18,22)(H,23,24). The van der Waals surface area contributed by atoms with E-state index in [4.69, 9.17) is 16.6 Å². The van der Waals surface area contributed by atoms with Gasteiger partial charge in [-0.05, 0) is 6.42 Å². The summed E-state index contributed by atoms with van der Waals surface area (Å²) >= 11 is 7.77. The number of carboxylic acid groups (broad SMARTS) is 1. The Hall–Kier alpha value is -1.99. The smallest absolute Gasteiger partial charge is 0.327 e. The molecule has 0 spiro atoms. The van der Waals surface area contributed by atoms with Crippen LogP contribution in [0.5, 0.6) is 0 Å². The van der Waals surface area contributed by atoms with Crippen LogP contribution in [-0.2, 0) is 24.0 Å². The number of aliphatic carboxylic acids is 1. The molecule has 0 aromatic heterocycles. The molecule has 0 aliphatic heterocycles. The molecule has 3 atom stereocenters. The summed E-state index contributed by atoms with van der Waals surface area (Å²) in [6.07, 6.45) is -0.274. The summed E-state index contributed by atoms with van der Waals surface area (Å²) in [5.74, 6) is -4.43. The molecule has 0 aliphatic rings. The number of thiol groups is 2. The molecule has 0 aromatic carbocycles. The van der Waals surface area contributed by atoms with E-state index in [-0.39, 0.29) is 30.9 Å². The number of carbonyl (C=O) groups is 5. The molecule has 26 heavy (non-hydrogen) atoms. The van der Waals surface area contributed by atoms with Gasteiger partial charge in [0.25, 0.3) is 0 Å². The van der Waals surface area contributed by atoms with E-state index in [0.29, 0.717) is 0 Å². The predicted molar refractivity (Wildman–Crippen MR) is 98.6 cm³/mol. The average molecular weight is 409 g/mol. The van der Waals surface area contributed by atoms with Gasteiger partial charge in [0.1, 0.15) is 18.1 Å². The molecule has 0 fully saturated rings. The molecule has 0 aliphatic carbocycles. The molecule has 8 N–H and O–H groups in total. The average Bonchev–Trinajstić information content (AvgIpc) is 2.59. The number of rotatable bonds is 12. The minimum absolute atomic E-state index is 0.0950. The van der Waals surface area contributed by atoms with Gasteiger partial charge >= 0.3 is 5.97 Å². The first-order valence-electron chi connectivity index (χ1n) is 7.49. The lowest BCUT2D eigenvalue weighted by Gasteiger charge is -2.23. The van der Waals surface area contributed by atoms with Crippen LogP contribution in [0.15, 0.2) is 0 Å². The highest BCUT2D eigenvalue weighted by molar-refractivity contribution is 7.80. The van der Waals surface area contributed by atoms with Gasteiger partial charge in [0.15, 0.2) is 0 Å². The molecule has 3 unspecified atom stereocenters. The van der Waals surface area contributed by atoms with Crippen molar-refractivity contribution in [1.29, 1.82) is 0 Å². The van der Waals surface area contributed by atoms with E-state index in [9.17, 15) is 24.0 Å². The normalized spacial score (nSPS) is 13.8. The van der Waals surface area contributed by atoms with E-state index in [1.165, 1.54) is 0 Å². The topological polar surface area (TPSA) is 194 Å². The number of carbonyl (C=O) groups excluding carboxylic acids is 4. The maximum absolute atomic E-state index is 12.3. The second-order valence-corrected chi connectivity index (χ2v) is 5.89. The van der Waals surface area contributed by atoms with Crippen LogP contribution in [0.25, 0.3) is 0 Å². The Bertz CT molecular complexity index is 547. The van der Waals surface area contributed by atoms with E-state index in [1.54, 1.807) is 0 Å². The van der Waals surface area contributed by atoms with Crippen LogP contribution < -0.4 is 27.4 Å². The van der Waals surface area contributed by atoms with Crippen LogP contribution in [0, 0.1) is 0 Å². The lowest BCUT2D eigenvalue weighted by molar-refractivity contribution is -0.141. The van der Waals surface area contributed by atoms with Gasteiger partial charge in [0.05, 0.1) is 6.54 Å². The Balaban J connectivity index is 5.01. The van der Waals surface area contributed by atoms with Crippen LogP contribution >= 0.6 is 25.3 Å². The summed E-state index contributed by atoms with van der Waals surface area (Å²) in [5, 5.41) is 15.8. The van der Waals surface area contributed by atoms with E-state index >= 15 is 0 Å². The third-order valence-electron chi connectivity index (χ3n) is 3.13. The lowest BCUT2D eigenvalue weighted by atomic mass is 10.1. The number of nitrogens with two attached hydrogens (primary N) is 2. The van der Waals surface area contributed by atoms with Crippen molar-refractivity contribution >= 4 is 54.9 Å². The fraction of sp³-hybridized carbons (Fsp3) is 0.615. The molecule has 0 heterocycles. The molecule has 0 radical (unpaired) electrons. The predicted octanol–water partition coefficient (Wildman–Crippen LogP) is -3.39. The van der Waals surface area contributed by atoms with Crippen LogP contribution in [0.2, 0.25) is 0 Å². The third kappa shape index (κ3) is 8.92. The molecule has 0 bridgehead atoms. The zero-order chi connectivity index (χ0) is 20.3. The fourth-order valence-corrected chi connectivity index (χ4v) is 2.24. The second-order valence-electron chi connectivity index (χ2n) is 5.15. The first kappa shape index (κ1) is 24.0. The minimum atomic E-state index is -1.29. The molecule has 0 saturated heterocycles. The van der Waals surface area contributed by atoms with Crippen LogP contribution in [0.1, 0.15) is 12.8 Å². The molecule has 0 saturated carbocycles. The molecule has 148 valence electrons. The van der Waals surface area contributed by atoms with Crippen LogP contribution in [0.4, 0.5) is 0 Å². The van der Waals surface area contributed by atoms with Crippen molar-refractivity contribution in [2.45, 2.75) is 31.0 Å². The van der Waals surface area contributed by atoms with Gasteiger partial charge in [0.2, 0.25) is 23.6 Å². The molecule has 4 amide bonds. The van der Waals surface area contributed by atoms with Crippen LogP contribution in [0.3, 0.4) is 0 Å². The maximum Gasteiger partial charge on any atom is 0.327 e. The van der Waals surface area contributed by atoms with Crippen molar-refractivity contribution in [1.82, 2.24) is 16.0 Å². The third-order valence-corrected chi connectivity index (χ3v) is 3.86. The largest absolute Gasteiger partial charge is 0.480 e. The summed E-state index contributed by atoms with van der Waals surface area (Å²) in [4.78, 5) is 57.7. The van der Waals surface area contributed by atoms with Gasteiger partial charge in [-0.2, -0.15) is 25.3 Å². The molecule has 0 aromatic rings. The number of hydrogen-bond donors (Lipinski definition) is 8. The Morgan fingerprint density at radius 1 is 0.885 bits per heavy atom. The highest BCUT2D eigenvalue weighted by Crippen LogP contribution is 2.00. The first-order valence-corrected chi connectivity index (χ1v) is 8.75. The van der Waals surface area contributed by atoms with Crippen molar-refractivity contribution in [2.24, 2.45) is 11.5 Å². The Kier molecular flexibility index (Phi) is 11.4. The molecule has 0 rings (SSSR count). The van der Waals surface area contributed by atoms with E-state index in [1.807, 2.05) is 0 Å². The van der Waals surface area contributed by atoms with Gasteiger partial charge in [0, 0.05) is 17.9 Å². The number of carboxylic acids is 1. The quantitative estimate of drug-likeness (QED) is 0.154. The van der Waals surface area contributed by atoms with E-state index < -0.39 is 47.7 Å². The molecule has 11 nitrogen and oxygen atoms in total. The van der Waals surface area contributed by atoms with Crippen LogP contribution in [-0.4, -0.2) is 70.9 Å². The summed E-state index contributed by atoms with van der Waals surface area (Å²) in [7, 11) is 0. The van der Waals surface area contributed by atoms with Gasteiger partial charge in [-0.3, -0.25) is 19.2 Å². The number of primary amides is 1. The van der Waals surface area contributed by atoms with Crippen molar-refractivity contribution in [3.05, 3.63) is 0 Å². The number of nitrogens with one attached hydrogen (secondary N) is 3. The second kappa shape index (κ2) is 12.4. The zero-order valence-electron chi connectivity index (χ0n) is 13.8. The van der Waals surface area contributed by atoms with Crippen molar-refractivity contribution < 1.29 is 29.1 Å². The summed E-state index contributed by atoms with van der Waals surface area (Å²) in [6, 6.07) is -3.56. The van der Waals surface area contributed by atoms with E-state index in [0.717, 1.165) is 0 Å². The molecular weight excluding hydrogens is 386 g/mol. The van der Waals surface area contributed by atoms with Gasteiger partial charge < -0.3 is 32.5 Å².